The summed E-state index contributed by atoms with van der Waals surface area (Å²) in [6.45, 7) is 0.577. The first kappa shape index (κ1) is 19.5. The fourth-order valence-electron chi connectivity index (χ4n) is 6.15. The number of ketones is 1. The van der Waals surface area contributed by atoms with E-state index in [0.717, 1.165) is 16.8 Å². The van der Waals surface area contributed by atoms with Crippen LogP contribution in [0.5, 0.6) is 5.75 Å². The number of likely N-dealkylation sites (tertiary alicyclic amines) is 1. The lowest BCUT2D eigenvalue weighted by Crippen LogP contribution is -2.62. The molecule has 1 fully saturated rings. The maximum absolute atomic E-state index is 14.5. The van der Waals surface area contributed by atoms with Gasteiger partial charge in [-0.25, -0.2) is 0 Å². The molecule has 0 bridgehead atoms. The Morgan fingerprint density at radius 3 is 2.56 bits per heavy atom. The topological polar surface area (TPSA) is 58.6 Å². The molecule has 3 atom stereocenters. The van der Waals surface area contributed by atoms with Gasteiger partial charge < -0.3 is 10.1 Å². The number of rotatable bonds is 1. The van der Waals surface area contributed by atoms with E-state index in [4.69, 9.17) is 16.3 Å². The van der Waals surface area contributed by atoms with Gasteiger partial charge in [-0.1, -0.05) is 60.1 Å². The molecular weight excluding hydrogens is 424 g/mol. The average Bonchev–Trinajstić information content (AvgIpc) is 3.25. The van der Waals surface area contributed by atoms with E-state index in [1.807, 2.05) is 72.6 Å². The molecule has 32 heavy (non-hydrogen) atoms. The molecule has 1 N–H and O–H groups in total. The van der Waals surface area contributed by atoms with Gasteiger partial charge in [-0.15, -0.1) is 0 Å². The van der Waals surface area contributed by atoms with Crippen molar-refractivity contribution in [2.24, 2.45) is 5.41 Å². The van der Waals surface area contributed by atoms with Crippen LogP contribution >= 0.6 is 11.6 Å². The number of carbonyl (C=O) groups excluding carboxylic acids is 2. The van der Waals surface area contributed by atoms with E-state index in [9.17, 15) is 9.59 Å². The van der Waals surface area contributed by atoms with Crippen LogP contribution in [-0.4, -0.2) is 36.8 Å². The molecule has 160 valence electrons. The van der Waals surface area contributed by atoms with Gasteiger partial charge in [-0.3, -0.25) is 14.5 Å². The number of anilines is 1. The molecule has 3 aromatic rings. The molecule has 5 nitrogen and oxygen atoms in total. The van der Waals surface area contributed by atoms with Crippen molar-refractivity contribution in [1.82, 2.24) is 4.90 Å². The van der Waals surface area contributed by atoms with Crippen LogP contribution in [0.3, 0.4) is 0 Å². The Labute approximate surface area is 190 Å². The number of nitrogens with one attached hydrogen (secondary N) is 1. The standard InChI is InChI=1S/C26H21ClN2O3/c1-29-14-19(16-8-2-5-11-20(16)27)25(15-32-22-13-7-3-9-17(22)23(25)30)26(29)18-10-4-6-12-21(18)28-24(26)31/h2-13,19H,14-15H2,1H3,(H,28,31)/t19-,25-,26-/m1/s1. The molecule has 6 heteroatoms. The molecule has 0 unspecified atom stereocenters. The normalized spacial score (nSPS) is 28.5. The number of benzene rings is 3. The summed E-state index contributed by atoms with van der Waals surface area (Å²) in [5, 5.41) is 3.63. The van der Waals surface area contributed by atoms with E-state index in [0.29, 0.717) is 22.9 Å². The zero-order valence-electron chi connectivity index (χ0n) is 17.5. The number of ether oxygens (including phenoxy) is 1. The van der Waals surface area contributed by atoms with Crippen LogP contribution in [0, 0.1) is 5.41 Å². The number of Topliss-reactive ketones (excluding diaryl/α,β-unsaturated/α-hetero) is 1. The molecule has 3 aliphatic rings. The van der Waals surface area contributed by atoms with Gasteiger partial charge in [0.25, 0.3) is 5.91 Å². The van der Waals surface area contributed by atoms with Crippen LogP contribution in [-0.2, 0) is 10.3 Å². The highest BCUT2D eigenvalue weighted by molar-refractivity contribution is 6.31. The molecule has 0 saturated carbocycles. The van der Waals surface area contributed by atoms with Crippen LogP contribution in [0.4, 0.5) is 5.69 Å². The van der Waals surface area contributed by atoms with Crippen LogP contribution in [0.2, 0.25) is 5.02 Å². The van der Waals surface area contributed by atoms with Gasteiger partial charge in [0.2, 0.25) is 0 Å². The summed E-state index contributed by atoms with van der Waals surface area (Å²) < 4.78 is 6.25. The van der Waals surface area contributed by atoms with Crippen LogP contribution in [0.15, 0.2) is 72.8 Å². The maximum Gasteiger partial charge on any atom is 0.250 e. The Kier molecular flexibility index (Phi) is 4.07. The van der Waals surface area contributed by atoms with Crippen molar-refractivity contribution in [1.29, 1.82) is 0 Å². The van der Waals surface area contributed by atoms with Crippen molar-refractivity contribution in [3.8, 4) is 5.75 Å². The number of hydrogen-bond acceptors (Lipinski definition) is 4. The van der Waals surface area contributed by atoms with E-state index in [1.54, 1.807) is 12.1 Å². The molecule has 1 saturated heterocycles. The Hall–Kier alpha value is -3.15. The highest BCUT2D eigenvalue weighted by Gasteiger charge is 2.75. The molecule has 0 aliphatic carbocycles. The van der Waals surface area contributed by atoms with Crippen molar-refractivity contribution in [2.45, 2.75) is 11.5 Å². The molecule has 1 amide bonds. The fourth-order valence-corrected chi connectivity index (χ4v) is 6.42. The smallest absolute Gasteiger partial charge is 0.250 e. The lowest BCUT2D eigenvalue weighted by Gasteiger charge is -2.47. The van der Waals surface area contributed by atoms with Gasteiger partial charge in [0.05, 0.1) is 5.56 Å². The van der Waals surface area contributed by atoms with Crippen molar-refractivity contribution >= 4 is 29.0 Å². The summed E-state index contributed by atoms with van der Waals surface area (Å²) in [6, 6.07) is 22.5. The number of fused-ring (bicyclic) bond motifs is 4. The Morgan fingerprint density at radius 2 is 1.72 bits per heavy atom. The highest BCUT2D eigenvalue weighted by atomic mass is 35.5. The first-order valence-electron chi connectivity index (χ1n) is 10.6. The lowest BCUT2D eigenvalue weighted by molar-refractivity contribution is -0.131. The highest BCUT2D eigenvalue weighted by Crippen LogP contribution is 2.64. The third kappa shape index (κ3) is 2.17. The second-order valence-electron chi connectivity index (χ2n) is 8.75. The van der Waals surface area contributed by atoms with Gasteiger partial charge in [0, 0.05) is 28.7 Å². The summed E-state index contributed by atoms with van der Waals surface area (Å²) in [7, 11) is 1.91. The van der Waals surface area contributed by atoms with Crippen LogP contribution < -0.4 is 10.1 Å². The number of halogens is 1. The molecule has 3 aliphatic heterocycles. The molecule has 0 radical (unpaired) electrons. The van der Waals surface area contributed by atoms with Crippen LogP contribution in [0.1, 0.15) is 27.4 Å². The average molecular weight is 445 g/mol. The largest absolute Gasteiger partial charge is 0.492 e. The second-order valence-corrected chi connectivity index (χ2v) is 9.16. The first-order valence-corrected chi connectivity index (χ1v) is 11.0. The van der Waals surface area contributed by atoms with E-state index < -0.39 is 11.0 Å². The number of para-hydroxylation sites is 2. The number of carbonyl (C=O) groups is 2. The van der Waals surface area contributed by atoms with Gasteiger partial charge in [0.15, 0.2) is 5.78 Å². The number of amides is 1. The third-order valence-corrected chi connectivity index (χ3v) is 7.78. The van der Waals surface area contributed by atoms with Crippen molar-refractivity contribution in [3.63, 3.8) is 0 Å². The third-order valence-electron chi connectivity index (χ3n) is 7.44. The zero-order chi connectivity index (χ0) is 22.1. The Morgan fingerprint density at radius 1 is 1.00 bits per heavy atom. The summed E-state index contributed by atoms with van der Waals surface area (Å²) in [4.78, 5) is 30.3. The van der Waals surface area contributed by atoms with Crippen molar-refractivity contribution in [2.75, 3.05) is 25.5 Å². The van der Waals surface area contributed by atoms with Gasteiger partial charge >= 0.3 is 0 Å². The van der Waals surface area contributed by atoms with Gasteiger partial charge in [-0.05, 0) is 36.9 Å². The van der Waals surface area contributed by atoms with Gasteiger partial charge in [-0.2, -0.15) is 0 Å². The Bertz CT molecular complexity index is 1290. The van der Waals surface area contributed by atoms with Crippen molar-refractivity contribution < 1.29 is 14.3 Å². The summed E-state index contributed by atoms with van der Waals surface area (Å²) >= 11 is 6.66. The first-order chi connectivity index (χ1) is 15.5. The SMILES string of the molecule is CN1C[C@H](c2ccccc2Cl)[C@@]2(COc3ccccc3C2=O)[C@@]12C(=O)Nc1ccccc12. The minimum absolute atomic E-state index is 0.0829. The monoisotopic (exact) mass is 444 g/mol. The summed E-state index contributed by atoms with van der Waals surface area (Å²) in [5.74, 6) is -0.0658. The fraction of sp³-hybridized carbons (Fsp3) is 0.231. The summed E-state index contributed by atoms with van der Waals surface area (Å²) in [6.07, 6.45) is 0. The predicted molar refractivity (Wildman–Crippen MR) is 122 cm³/mol. The maximum atomic E-state index is 14.5. The summed E-state index contributed by atoms with van der Waals surface area (Å²) in [5.41, 5.74) is 0.498. The van der Waals surface area contributed by atoms with Gasteiger partial charge in [0.1, 0.15) is 23.3 Å². The lowest BCUT2D eigenvalue weighted by atomic mass is 9.57. The van der Waals surface area contributed by atoms with E-state index in [-0.39, 0.29) is 24.2 Å². The minimum Gasteiger partial charge on any atom is -0.492 e. The number of nitrogens with zero attached hydrogens (tertiary/aromatic N) is 1. The molecule has 3 aromatic carbocycles. The van der Waals surface area contributed by atoms with E-state index >= 15 is 0 Å². The second kappa shape index (κ2) is 6.67. The quantitative estimate of drug-likeness (QED) is 0.601. The Balaban J connectivity index is 1.69. The van der Waals surface area contributed by atoms with Crippen LogP contribution in [0.25, 0.3) is 0 Å². The predicted octanol–water partition coefficient (Wildman–Crippen LogP) is 4.48. The number of hydrogen-bond donors (Lipinski definition) is 1. The molecule has 2 spiro atoms. The van der Waals surface area contributed by atoms with Crippen molar-refractivity contribution in [3.05, 3.63) is 94.5 Å². The number of likely N-dealkylation sites (N-methyl/N-ethyl adjacent to an activating group) is 1. The van der Waals surface area contributed by atoms with E-state index in [1.165, 1.54) is 0 Å². The zero-order valence-corrected chi connectivity index (χ0v) is 18.2. The molecular formula is C26H21ClN2O3. The van der Waals surface area contributed by atoms with E-state index in [2.05, 4.69) is 5.32 Å². The molecule has 6 rings (SSSR count). The molecule has 3 heterocycles. The minimum atomic E-state index is -1.21. The molecule has 0 aromatic heterocycles.